The first-order valence-corrected chi connectivity index (χ1v) is 9.04. The Morgan fingerprint density at radius 1 is 1.10 bits per heavy atom. The van der Waals surface area contributed by atoms with Crippen LogP contribution in [0.25, 0.3) is 0 Å². The van der Waals surface area contributed by atoms with Crippen molar-refractivity contribution in [1.29, 1.82) is 0 Å². The molecule has 21 heavy (non-hydrogen) atoms. The number of hydrogen-bond acceptors (Lipinski definition) is 1. The molecule has 0 radical (unpaired) electrons. The molecule has 0 saturated heterocycles. The van der Waals surface area contributed by atoms with E-state index in [2.05, 4.69) is 49.6 Å². The molecule has 1 nitrogen and oxygen atoms in total. The predicted molar refractivity (Wildman–Crippen MR) is 92.6 cm³/mol. The number of hydrogen-bond donors (Lipinski definition) is 1. The second-order valence-electron chi connectivity index (χ2n) is 6.84. The first-order chi connectivity index (χ1) is 10.3. The molecule has 1 aromatic rings. The average molecular weight is 287 g/mol. The Labute approximate surface area is 131 Å². The van der Waals surface area contributed by atoms with E-state index in [-0.39, 0.29) is 0 Å². The molecule has 1 atom stereocenters. The van der Waals surface area contributed by atoms with E-state index in [4.69, 9.17) is 0 Å². The van der Waals surface area contributed by atoms with E-state index in [9.17, 15) is 0 Å². The van der Waals surface area contributed by atoms with E-state index < -0.39 is 0 Å². The number of unbranched alkanes of at least 4 members (excludes halogenated alkanes) is 1. The molecule has 0 amide bonds. The fourth-order valence-electron chi connectivity index (χ4n) is 3.95. The second kappa shape index (κ2) is 9.25. The van der Waals surface area contributed by atoms with Crippen LogP contribution in [-0.2, 0) is 6.42 Å². The lowest BCUT2D eigenvalue weighted by Gasteiger charge is -2.34. The molecule has 1 unspecified atom stereocenters. The Kier molecular flexibility index (Phi) is 7.29. The minimum atomic E-state index is 0.706. The molecule has 0 heterocycles. The Balaban J connectivity index is 1.74. The fraction of sp³-hybridized carbons (Fsp3) is 0.700. The number of nitrogens with one attached hydrogen (secondary N) is 1. The topological polar surface area (TPSA) is 12.0 Å². The van der Waals surface area contributed by atoms with Crippen LogP contribution in [0.2, 0.25) is 0 Å². The minimum absolute atomic E-state index is 0.706. The summed E-state index contributed by atoms with van der Waals surface area (Å²) in [5.74, 6) is 1.92. The molecule has 1 aliphatic rings. The highest BCUT2D eigenvalue weighted by atomic mass is 14.9. The van der Waals surface area contributed by atoms with E-state index in [0.29, 0.717) is 6.04 Å². The van der Waals surface area contributed by atoms with Gasteiger partial charge < -0.3 is 5.32 Å². The second-order valence-corrected chi connectivity index (χ2v) is 6.84. The van der Waals surface area contributed by atoms with E-state index in [1.54, 1.807) is 0 Å². The van der Waals surface area contributed by atoms with Crippen molar-refractivity contribution < 1.29 is 0 Å². The molecule has 1 heteroatoms. The third-order valence-electron chi connectivity index (χ3n) is 5.38. The van der Waals surface area contributed by atoms with Crippen molar-refractivity contribution in [2.24, 2.45) is 11.8 Å². The number of aryl methyl sites for hydroxylation is 1. The van der Waals surface area contributed by atoms with Gasteiger partial charge in [0.2, 0.25) is 0 Å². The van der Waals surface area contributed by atoms with Crippen LogP contribution in [0.15, 0.2) is 30.3 Å². The molecular formula is C20H33N. The summed E-state index contributed by atoms with van der Waals surface area (Å²) in [5, 5.41) is 3.60. The Bertz CT molecular complexity index is 365. The van der Waals surface area contributed by atoms with Gasteiger partial charge in [-0.1, -0.05) is 69.4 Å². The molecule has 0 aliphatic heterocycles. The molecule has 1 aliphatic carbocycles. The van der Waals surface area contributed by atoms with Gasteiger partial charge in [-0.2, -0.15) is 0 Å². The van der Waals surface area contributed by atoms with Crippen molar-refractivity contribution in [3.8, 4) is 0 Å². The molecule has 0 spiro atoms. The summed E-state index contributed by atoms with van der Waals surface area (Å²) in [6.07, 6.45) is 12.6. The van der Waals surface area contributed by atoms with Crippen molar-refractivity contribution in [1.82, 2.24) is 5.32 Å². The molecule has 2 rings (SSSR count). The lowest BCUT2D eigenvalue weighted by molar-refractivity contribution is 0.211. The first-order valence-electron chi connectivity index (χ1n) is 9.04. The number of benzene rings is 1. The van der Waals surface area contributed by atoms with Gasteiger partial charge in [-0.3, -0.25) is 0 Å². The molecular weight excluding hydrogens is 254 g/mol. The zero-order chi connectivity index (χ0) is 14.9. The summed E-state index contributed by atoms with van der Waals surface area (Å²) in [7, 11) is 2.15. The van der Waals surface area contributed by atoms with Crippen LogP contribution in [0.5, 0.6) is 0 Å². The molecule has 1 saturated carbocycles. The van der Waals surface area contributed by atoms with Gasteiger partial charge in [0, 0.05) is 6.04 Å². The standard InChI is InChI=1S/C20H33N/c1-3-4-8-18-11-14-19(15-12-18)20(21-2)16-13-17-9-6-5-7-10-17/h5-7,9-10,18-21H,3-4,8,11-16H2,1-2H3. The van der Waals surface area contributed by atoms with Crippen LogP contribution in [0, 0.1) is 11.8 Å². The summed E-state index contributed by atoms with van der Waals surface area (Å²) >= 11 is 0. The molecule has 118 valence electrons. The zero-order valence-corrected chi connectivity index (χ0v) is 14.0. The predicted octanol–water partition coefficient (Wildman–Crippen LogP) is 5.20. The van der Waals surface area contributed by atoms with Gasteiger partial charge in [0.1, 0.15) is 0 Å². The molecule has 1 fully saturated rings. The van der Waals surface area contributed by atoms with Gasteiger partial charge in [-0.15, -0.1) is 0 Å². The lowest BCUT2D eigenvalue weighted by atomic mass is 9.76. The van der Waals surface area contributed by atoms with Crippen LogP contribution in [0.4, 0.5) is 0 Å². The highest BCUT2D eigenvalue weighted by Crippen LogP contribution is 2.34. The van der Waals surface area contributed by atoms with Crippen molar-refractivity contribution in [2.75, 3.05) is 7.05 Å². The summed E-state index contributed by atoms with van der Waals surface area (Å²) in [6.45, 7) is 2.31. The van der Waals surface area contributed by atoms with Crippen molar-refractivity contribution in [2.45, 2.75) is 70.8 Å². The smallest absolute Gasteiger partial charge is 0.00954 e. The molecule has 0 bridgehead atoms. The summed E-state index contributed by atoms with van der Waals surface area (Å²) < 4.78 is 0. The quantitative estimate of drug-likeness (QED) is 0.692. The highest BCUT2D eigenvalue weighted by molar-refractivity contribution is 5.14. The molecule has 1 aromatic carbocycles. The van der Waals surface area contributed by atoms with Crippen LogP contribution < -0.4 is 5.32 Å². The third kappa shape index (κ3) is 5.47. The van der Waals surface area contributed by atoms with Gasteiger partial charge in [-0.25, -0.2) is 0 Å². The van der Waals surface area contributed by atoms with E-state index in [0.717, 1.165) is 11.8 Å². The monoisotopic (exact) mass is 287 g/mol. The Morgan fingerprint density at radius 3 is 2.43 bits per heavy atom. The summed E-state index contributed by atoms with van der Waals surface area (Å²) in [6, 6.07) is 11.6. The van der Waals surface area contributed by atoms with E-state index in [1.165, 1.54) is 63.4 Å². The van der Waals surface area contributed by atoms with Crippen LogP contribution >= 0.6 is 0 Å². The summed E-state index contributed by atoms with van der Waals surface area (Å²) in [4.78, 5) is 0. The minimum Gasteiger partial charge on any atom is -0.317 e. The van der Waals surface area contributed by atoms with E-state index in [1.807, 2.05) is 0 Å². The summed E-state index contributed by atoms with van der Waals surface area (Å²) in [5.41, 5.74) is 1.48. The van der Waals surface area contributed by atoms with Gasteiger partial charge in [0.15, 0.2) is 0 Å². The first kappa shape index (κ1) is 16.5. The average Bonchev–Trinajstić information content (AvgIpc) is 2.55. The maximum absolute atomic E-state index is 3.60. The van der Waals surface area contributed by atoms with Crippen molar-refractivity contribution in [3.63, 3.8) is 0 Å². The molecule has 0 aromatic heterocycles. The zero-order valence-electron chi connectivity index (χ0n) is 14.0. The van der Waals surface area contributed by atoms with Crippen LogP contribution in [0.3, 0.4) is 0 Å². The number of rotatable bonds is 8. The maximum Gasteiger partial charge on any atom is 0.00954 e. The van der Waals surface area contributed by atoms with Crippen LogP contribution in [0.1, 0.15) is 63.9 Å². The van der Waals surface area contributed by atoms with Gasteiger partial charge in [0.25, 0.3) is 0 Å². The largest absolute Gasteiger partial charge is 0.317 e. The van der Waals surface area contributed by atoms with Gasteiger partial charge in [-0.05, 0) is 50.1 Å². The van der Waals surface area contributed by atoms with E-state index >= 15 is 0 Å². The maximum atomic E-state index is 3.60. The Hall–Kier alpha value is -0.820. The van der Waals surface area contributed by atoms with Gasteiger partial charge in [0.05, 0.1) is 0 Å². The Morgan fingerprint density at radius 2 is 1.81 bits per heavy atom. The van der Waals surface area contributed by atoms with Crippen molar-refractivity contribution >= 4 is 0 Å². The third-order valence-corrected chi connectivity index (χ3v) is 5.38. The normalized spacial score (nSPS) is 23.9. The SMILES string of the molecule is CCCCC1CCC(C(CCc2ccccc2)NC)CC1. The fourth-order valence-corrected chi connectivity index (χ4v) is 3.95. The van der Waals surface area contributed by atoms with Crippen LogP contribution in [-0.4, -0.2) is 13.1 Å². The van der Waals surface area contributed by atoms with Gasteiger partial charge >= 0.3 is 0 Å². The van der Waals surface area contributed by atoms with Crippen molar-refractivity contribution in [3.05, 3.63) is 35.9 Å². The lowest BCUT2D eigenvalue weighted by Crippen LogP contribution is -2.36. The molecule has 1 N–H and O–H groups in total. The highest BCUT2D eigenvalue weighted by Gasteiger charge is 2.26.